The van der Waals surface area contributed by atoms with Crippen LogP contribution in [-0.4, -0.2) is 41.1 Å². The summed E-state index contributed by atoms with van der Waals surface area (Å²) in [6.45, 7) is 9.90. The van der Waals surface area contributed by atoms with E-state index in [0.717, 1.165) is 18.4 Å². The lowest BCUT2D eigenvalue weighted by molar-refractivity contribution is -0.167. The highest BCUT2D eigenvalue weighted by Gasteiger charge is 2.46. The minimum absolute atomic E-state index is 0.0183. The summed E-state index contributed by atoms with van der Waals surface area (Å²) in [5.74, 6) is -0.193. The maximum atomic E-state index is 12.9. The van der Waals surface area contributed by atoms with Crippen molar-refractivity contribution in [1.82, 2.24) is 0 Å². The molecule has 7 atom stereocenters. The van der Waals surface area contributed by atoms with Gasteiger partial charge in [0.1, 0.15) is 12.2 Å². The van der Waals surface area contributed by atoms with Gasteiger partial charge in [-0.15, -0.1) is 0 Å². The molecule has 174 valence electrons. The van der Waals surface area contributed by atoms with Gasteiger partial charge in [0.05, 0.1) is 17.9 Å². The Kier molecular flexibility index (Phi) is 7.29. The Hall–Kier alpha value is -1.69. The minimum Gasteiger partial charge on any atom is -0.462 e. The van der Waals surface area contributed by atoms with E-state index < -0.39 is 11.5 Å². The van der Waals surface area contributed by atoms with Crippen LogP contribution in [0.2, 0.25) is 0 Å². The number of aliphatic hydroxyl groups excluding tert-OH is 1. The molecule has 7 unspecified atom stereocenters. The van der Waals surface area contributed by atoms with Crippen molar-refractivity contribution in [2.75, 3.05) is 0 Å². The van der Waals surface area contributed by atoms with Crippen LogP contribution in [-0.2, 0) is 23.9 Å². The van der Waals surface area contributed by atoms with Crippen molar-refractivity contribution in [3.8, 4) is 0 Å². The lowest BCUT2D eigenvalue weighted by atomic mass is 9.62. The molecule has 0 bridgehead atoms. The number of allylic oxidation sites excluding steroid dienone is 1. The Morgan fingerprint density at radius 2 is 1.90 bits per heavy atom. The highest BCUT2D eigenvalue weighted by molar-refractivity contribution is 5.93. The van der Waals surface area contributed by atoms with E-state index in [4.69, 9.17) is 9.47 Å². The van der Waals surface area contributed by atoms with E-state index in [1.807, 2.05) is 27.7 Å². The third-order valence-corrected chi connectivity index (χ3v) is 7.68. The van der Waals surface area contributed by atoms with Crippen LogP contribution in [0.25, 0.3) is 0 Å². The maximum absolute atomic E-state index is 12.9. The number of rotatable bonds is 6. The van der Waals surface area contributed by atoms with E-state index in [-0.39, 0.29) is 54.1 Å². The molecule has 6 nitrogen and oxygen atoms in total. The summed E-state index contributed by atoms with van der Waals surface area (Å²) < 4.78 is 11.5. The van der Waals surface area contributed by atoms with Gasteiger partial charge in [-0.25, -0.2) is 0 Å². The van der Waals surface area contributed by atoms with Crippen molar-refractivity contribution in [2.45, 2.75) is 97.9 Å². The first kappa shape index (κ1) is 24.0. The molecule has 2 fully saturated rings. The molecule has 31 heavy (non-hydrogen) atoms. The minimum atomic E-state index is -0.660. The smallest absolute Gasteiger partial charge is 0.311 e. The highest BCUT2D eigenvalue weighted by atomic mass is 16.6. The zero-order valence-corrected chi connectivity index (χ0v) is 19.6. The van der Waals surface area contributed by atoms with Crippen LogP contribution in [0.3, 0.4) is 0 Å². The van der Waals surface area contributed by atoms with E-state index in [2.05, 4.69) is 6.92 Å². The first-order chi connectivity index (χ1) is 14.5. The second-order valence-electron chi connectivity index (χ2n) is 10.6. The predicted molar refractivity (Wildman–Crippen MR) is 116 cm³/mol. The molecule has 1 heterocycles. The zero-order chi connectivity index (χ0) is 22.9. The second-order valence-corrected chi connectivity index (χ2v) is 10.6. The number of carbonyl (C=O) groups excluding carboxylic acids is 3. The van der Waals surface area contributed by atoms with E-state index in [1.165, 1.54) is 0 Å². The van der Waals surface area contributed by atoms with Gasteiger partial charge in [-0.3, -0.25) is 14.4 Å². The molecule has 1 N–H and O–H groups in total. The van der Waals surface area contributed by atoms with Gasteiger partial charge in [0.15, 0.2) is 5.78 Å². The van der Waals surface area contributed by atoms with Crippen LogP contribution in [0.15, 0.2) is 11.6 Å². The molecular formula is C25H38O6. The van der Waals surface area contributed by atoms with Gasteiger partial charge in [-0.2, -0.15) is 0 Å². The largest absolute Gasteiger partial charge is 0.462 e. The number of ether oxygens (including phenoxy) is 2. The first-order valence-corrected chi connectivity index (χ1v) is 11.8. The summed E-state index contributed by atoms with van der Waals surface area (Å²) in [4.78, 5) is 37.3. The summed E-state index contributed by atoms with van der Waals surface area (Å²) in [6, 6.07) is 0. The lowest BCUT2D eigenvalue weighted by Crippen LogP contribution is -2.46. The van der Waals surface area contributed by atoms with Gasteiger partial charge < -0.3 is 14.6 Å². The fraction of sp³-hybridized carbons (Fsp3) is 0.800. The molecule has 3 aliphatic rings. The maximum Gasteiger partial charge on any atom is 0.311 e. The van der Waals surface area contributed by atoms with Crippen molar-refractivity contribution in [3.63, 3.8) is 0 Å². The molecule has 1 aliphatic heterocycles. The average Bonchev–Trinajstić information content (AvgIpc) is 2.67. The fourth-order valence-corrected chi connectivity index (χ4v) is 5.35. The summed E-state index contributed by atoms with van der Waals surface area (Å²) in [6.07, 6.45) is 4.69. The van der Waals surface area contributed by atoms with E-state index in [0.29, 0.717) is 31.6 Å². The number of hydrogen-bond acceptors (Lipinski definition) is 6. The Bertz CT molecular complexity index is 738. The number of esters is 2. The van der Waals surface area contributed by atoms with Crippen LogP contribution >= 0.6 is 0 Å². The second kappa shape index (κ2) is 9.43. The Morgan fingerprint density at radius 1 is 1.19 bits per heavy atom. The molecule has 2 aliphatic carbocycles. The van der Waals surface area contributed by atoms with Gasteiger partial charge in [0, 0.05) is 18.3 Å². The molecule has 0 spiro atoms. The molecule has 0 amide bonds. The van der Waals surface area contributed by atoms with E-state index in [1.54, 1.807) is 6.08 Å². The molecule has 0 aromatic rings. The van der Waals surface area contributed by atoms with Crippen molar-refractivity contribution >= 4 is 17.7 Å². The van der Waals surface area contributed by atoms with E-state index >= 15 is 0 Å². The SMILES string of the molecule is CCC(C)(C)C(=O)OC1CC(C)CC2=CC(=O)C(C)C(CCC3CC(O)CC(=O)O3)C21. The number of aliphatic hydroxyl groups is 1. The monoisotopic (exact) mass is 434 g/mol. The molecule has 3 rings (SSSR count). The summed E-state index contributed by atoms with van der Waals surface area (Å²) >= 11 is 0. The van der Waals surface area contributed by atoms with Crippen LogP contribution in [0, 0.1) is 29.1 Å². The van der Waals surface area contributed by atoms with Gasteiger partial charge in [0.2, 0.25) is 0 Å². The first-order valence-electron chi connectivity index (χ1n) is 11.8. The standard InChI is InChI=1S/C25H38O6/c1-6-25(4,5)24(29)31-21-10-14(2)9-16-11-20(27)15(3)19(23(16)21)8-7-18-12-17(26)13-22(28)30-18/h11,14-15,17-19,21,23,26H,6-10,12-13H2,1-5H3. The van der Waals surface area contributed by atoms with E-state index in [9.17, 15) is 19.5 Å². The van der Waals surface area contributed by atoms with Crippen LogP contribution < -0.4 is 0 Å². The summed E-state index contributed by atoms with van der Waals surface area (Å²) in [7, 11) is 0. The van der Waals surface area contributed by atoms with Gasteiger partial charge in [-0.1, -0.05) is 26.3 Å². The summed E-state index contributed by atoms with van der Waals surface area (Å²) in [5, 5.41) is 9.92. The predicted octanol–water partition coefficient (Wildman–Crippen LogP) is 3.99. The third-order valence-electron chi connectivity index (χ3n) is 7.68. The molecule has 0 aromatic carbocycles. The fourth-order valence-electron chi connectivity index (χ4n) is 5.35. The van der Waals surface area contributed by atoms with Crippen LogP contribution in [0.4, 0.5) is 0 Å². The van der Waals surface area contributed by atoms with Gasteiger partial charge >= 0.3 is 11.9 Å². The van der Waals surface area contributed by atoms with Crippen molar-refractivity contribution in [1.29, 1.82) is 0 Å². The third kappa shape index (κ3) is 5.39. The average molecular weight is 435 g/mol. The number of ketones is 1. The zero-order valence-electron chi connectivity index (χ0n) is 19.6. The Balaban J connectivity index is 1.80. The normalized spacial score (nSPS) is 36.3. The number of fused-ring (bicyclic) bond motifs is 1. The number of carbonyl (C=O) groups is 3. The van der Waals surface area contributed by atoms with Crippen LogP contribution in [0.5, 0.6) is 0 Å². The van der Waals surface area contributed by atoms with Crippen molar-refractivity contribution in [2.24, 2.45) is 29.1 Å². The lowest BCUT2D eigenvalue weighted by Gasteiger charge is -2.46. The van der Waals surface area contributed by atoms with Crippen molar-refractivity contribution in [3.05, 3.63) is 11.6 Å². The Labute approximate surface area is 185 Å². The molecule has 0 radical (unpaired) electrons. The number of cyclic esters (lactones) is 1. The topological polar surface area (TPSA) is 89.9 Å². The molecule has 1 saturated heterocycles. The van der Waals surface area contributed by atoms with Gasteiger partial charge in [-0.05, 0) is 63.9 Å². The molecular weight excluding hydrogens is 396 g/mol. The molecule has 0 aromatic heterocycles. The van der Waals surface area contributed by atoms with Crippen LogP contribution in [0.1, 0.15) is 79.6 Å². The highest BCUT2D eigenvalue weighted by Crippen LogP contribution is 2.47. The molecule has 6 heteroatoms. The Morgan fingerprint density at radius 3 is 2.55 bits per heavy atom. The number of hydrogen-bond donors (Lipinski definition) is 1. The quantitative estimate of drug-likeness (QED) is 0.636. The van der Waals surface area contributed by atoms with Gasteiger partial charge in [0.25, 0.3) is 0 Å². The van der Waals surface area contributed by atoms with Crippen molar-refractivity contribution < 1.29 is 29.0 Å². The summed E-state index contributed by atoms with van der Waals surface area (Å²) in [5.41, 5.74) is 0.558. The molecule has 1 saturated carbocycles.